The Kier molecular flexibility index (Phi) is 4.96. The SMILES string of the molecule is CCCn1ncnc1CC(O)c1cc(Cl)ccc1Br. The molecule has 1 aromatic heterocycles. The molecule has 2 rings (SSSR count). The maximum absolute atomic E-state index is 10.3. The van der Waals surface area contributed by atoms with Crippen LogP contribution in [0.4, 0.5) is 0 Å². The van der Waals surface area contributed by atoms with Gasteiger partial charge in [0.05, 0.1) is 6.10 Å². The summed E-state index contributed by atoms with van der Waals surface area (Å²) in [6.45, 7) is 2.88. The lowest BCUT2D eigenvalue weighted by Gasteiger charge is -2.13. The van der Waals surface area contributed by atoms with Crippen LogP contribution in [0.5, 0.6) is 0 Å². The molecule has 6 heteroatoms. The van der Waals surface area contributed by atoms with Crippen molar-refractivity contribution in [1.29, 1.82) is 0 Å². The fraction of sp³-hybridized carbons (Fsp3) is 0.385. The monoisotopic (exact) mass is 343 g/mol. The van der Waals surface area contributed by atoms with Gasteiger partial charge in [-0.15, -0.1) is 0 Å². The first-order chi connectivity index (χ1) is 9.11. The Labute approximate surface area is 125 Å². The number of nitrogens with zero attached hydrogens (tertiary/aromatic N) is 3. The zero-order valence-electron chi connectivity index (χ0n) is 10.6. The van der Waals surface area contributed by atoms with Gasteiger partial charge in [0, 0.05) is 22.5 Å². The summed E-state index contributed by atoms with van der Waals surface area (Å²) < 4.78 is 2.66. The van der Waals surface area contributed by atoms with Gasteiger partial charge in [0.1, 0.15) is 12.2 Å². The van der Waals surface area contributed by atoms with E-state index in [-0.39, 0.29) is 0 Å². The Balaban J connectivity index is 2.18. The van der Waals surface area contributed by atoms with Gasteiger partial charge < -0.3 is 5.11 Å². The second-order valence-electron chi connectivity index (χ2n) is 4.29. The van der Waals surface area contributed by atoms with Crippen LogP contribution in [-0.2, 0) is 13.0 Å². The highest BCUT2D eigenvalue weighted by molar-refractivity contribution is 9.10. The van der Waals surface area contributed by atoms with E-state index in [4.69, 9.17) is 11.6 Å². The maximum Gasteiger partial charge on any atom is 0.138 e. The van der Waals surface area contributed by atoms with Crippen LogP contribution in [0.15, 0.2) is 29.0 Å². The van der Waals surface area contributed by atoms with Crippen molar-refractivity contribution in [2.24, 2.45) is 0 Å². The van der Waals surface area contributed by atoms with Crippen molar-refractivity contribution in [3.63, 3.8) is 0 Å². The second-order valence-corrected chi connectivity index (χ2v) is 5.58. The Morgan fingerprint density at radius 1 is 1.47 bits per heavy atom. The molecule has 19 heavy (non-hydrogen) atoms. The summed E-state index contributed by atoms with van der Waals surface area (Å²) in [6.07, 6.45) is 2.25. The van der Waals surface area contributed by atoms with E-state index in [1.54, 1.807) is 12.1 Å². The zero-order valence-corrected chi connectivity index (χ0v) is 12.9. The van der Waals surface area contributed by atoms with Crippen molar-refractivity contribution in [3.05, 3.63) is 45.4 Å². The molecule has 0 radical (unpaired) electrons. The number of aliphatic hydroxyl groups is 1. The molecule has 0 aliphatic rings. The molecule has 2 aromatic rings. The van der Waals surface area contributed by atoms with E-state index in [2.05, 4.69) is 32.9 Å². The Morgan fingerprint density at radius 3 is 3.00 bits per heavy atom. The summed E-state index contributed by atoms with van der Waals surface area (Å²) in [5, 5.41) is 15.1. The lowest BCUT2D eigenvalue weighted by Crippen LogP contribution is -2.10. The number of benzene rings is 1. The molecule has 0 bridgehead atoms. The van der Waals surface area contributed by atoms with Gasteiger partial charge in [0.25, 0.3) is 0 Å². The third-order valence-corrected chi connectivity index (χ3v) is 3.78. The van der Waals surface area contributed by atoms with Crippen LogP contribution in [0, 0.1) is 0 Å². The Morgan fingerprint density at radius 2 is 2.26 bits per heavy atom. The fourth-order valence-electron chi connectivity index (χ4n) is 1.90. The number of aliphatic hydroxyl groups excluding tert-OH is 1. The zero-order chi connectivity index (χ0) is 13.8. The van der Waals surface area contributed by atoms with Crippen LogP contribution in [0.2, 0.25) is 5.02 Å². The highest BCUT2D eigenvalue weighted by Crippen LogP contribution is 2.28. The Bertz CT molecular complexity index is 559. The third-order valence-electron chi connectivity index (χ3n) is 2.82. The predicted molar refractivity (Wildman–Crippen MR) is 78.1 cm³/mol. The van der Waals surface area contributed by atoms with Gasteiger partial charge in [-0.2, -0.15) is 5.10 Å². The number of hydrogen-bond acceptors (Lipinski definition) is 3. The molecule has 0 saturated heterocycles. The van der Waals surface area contributed by atoms with Gasteiger partial charge in [-0.3, -0.25) is 4.68 Å². The lowest BCUT2D eigenvalue weighted by atomic mass is 10.1. The minimum absolute atomic E-state index is 0.416. The average molecular weight is 345 g/mol. The molecule has 1 aromatic carbocycles. The second kappa shape index (κ2) is 6.50. The van der Waals surface area contributed by atoms with E-state index >= 15 is 0 Å². The van der Waals surface area contributed by atoms with Crippen molar-refractivity contribution < 1.29 is 5.11 Å². The standard InChI is InChI=1S/C13H15BrClN3O/c1-2-5-18-13(16-8-17-18)7-12(19)10-6-9(15)3-4-11(10)14/h3-4,6,8,12,19H,2,5,7H2,1H3. The minimum atomic E-state index is -0.659. The number of hydrogen-bond donors (Lipinski definition) is 1. The topological polar surface area (TPSA) is 50.9 Å². The molecule has 1 heterocycles. The Hall–Kier alpha value is -0.910. The van der Waals surface area contributed by atoms with Crippen LogP contribution >= 0.6 is 27.5 Å². The van der Waals surface area contributed by atoms with Crippen LogP contribution in [0.1, 0.15) is 30.8 Å². The average Bonchev–Trinajstić information content (AvgIpc) is 2.80. The van der Waals surface area contributed by atoms with Gasteiger partial charge in [-0.05, 0) is 30.2 Å². The van der Waals surface area contributed by atoms with Gasteiger partial charge in [0.15, 0.2) is 0 Å². The highest BCUT2D eigenvalue weighted by atomic mass is 79.9. The van der Waals surface area contributed by atoms with E-state index in [0.717, 1.165) is 28.8 Å². The van der Waals surface area contributed by atoms with Gasteiger partial charge >= 0.3 is 0 Å². The molecule has 0 spiro atoms. The minimum Gasteiger partial charge on any atom is -0.388 e. The van der Waals surface area contributed by atoms with Crippen molar-refractivity contribution in [3.8, 4) is 0 Å². The number of aryl methyl sites for hydroxylation is 1. The quantitative estimate of drug-likeness (QED) is 0.904. The third kappa shape index (κ3) is 3.55. The van der Waals surface area contributed by atoms with E-state index < -0.39 is 6.10 Å². The van der Waals surface area contributed by atoms with Crippen molar-refractivity contribution >= 4 is 27.5 Å². The first-order valence-corrected chi connectivity index (χ1v) is 7.28. The first-order valence-electron chi connectivity index (χ1n) is 6.11. The molecule has 0 fully saturated rings. The van der Waals surface area contributed by atoms with Crippen LogP contribution in [0.3, 0.4) is 0 Å². The largest absolute Gasteiger partial charge is 0.388 e. The van der Waals surface area contributed by atoms with Crippen molar-refractivity contribution in [2.45, 2.75) is 32.4 Å². The highest BCUT2D eigenvalue weighted by Gasteiger charge is 2.16. The van der Waals surface area contributed by atoms with Crippen molar-refractivity contribution in [1.82, 2.24) is 14.8 Å². The summed E-state index contributed by atoms with van der Waals surface area (Å²) >= 11 is 9.38. The summed E-state index contributed by atoms with van der Waals surface area (Å²) in [4.78, 5) is 4.20. The molecule has 102 valence electrons. The molecule has 0 aliphatic heterocycles. The summed E-state index contributed by atoms with van der Waals surface area (Å²) in [5.41, 5.74) is 0.763. The van der Waals surface area contributed by atoms with E-state index in [9.17, 15) is 5.11 Å². The van der Waals surface area contributed by atoms with Crippen molar-refractivity contribution in [2.75, 3.05) is 0 Å². The fourth-order valence-corrected chi connectivity index (χ4v) is 2.59. The molecule has 1 atom stereocenters. The molecule has 4 nitrogen and oxygen atoms in total. The summed E-state index contributed by atoms with van der Waals surface area (Å²) in [6, 6.07) is 5.37. The maximum atomic E-state index is 10.3. The summed E-state index contributed by atoms with van der Waals surface area (Å²) in [5.74, 6) is 0.779. The number of aromatic nitrogens is 3. The van der Waals surface area contributed by atoms with E-state index in [1.165, 1.54) is 6.33 Å². The van der Waals surface area contributed by atoms with E-state index in [0.29, 0.717) is 11.4 Å². The smallest absolute Gasteiger partial charge is 0.138 e. The van der Waals surface area contributed by atoms with Gasteiger partial charge in [0.2, 0.25) is 0 Å². The van der Waals surface area contributed by atoms with Gasteiger partial charge in [-0.1, -0.05) is 34.5 Å². The molecule has 1 unspecified atom stereocenters. The van der Waals surface area contributed by atoms with Crippen LogP contribution in [0.25, 0.3) is 0 Å². The lowest BCUT2D eigenvalue weighted by molar-refractivity contribution is 0.173. The predicted octanol–water partition coefficient (Wildman–Crippen LogP) is 3.38. The number of halogens is 2. The molecular formula is C13H15BrClN3O. The first kappa shape index (κ1) is 14.5. The number of rotatable bonds is 5. The molecule has 0 amide bonds. The molecule has 1 N–H and O–H groups in total. The summed E-state index contributed by atoms with van der Waals surface area (Å²) in [7, 11) is 0. The molecular weight excluding hydrogens is 330 g/mol. The van der Waals surface area contributed by atoms with Gasteiger partial charge in [-0.25, -0.2) is 4.98 Å². The molecule has 0 saturated carbocycles. The normalized spacial score (nSPS) is 12.6. The van der Waals surface area contributed by atoms with E-state index in [1.807, 2.05) is 10.7 Å². The molecule has 0 aliphatic carbocycles. The van der Waals surface area contributed by atoms with Crippen LogP contribution < -0.4 is 0 Å². The van der Waals surface area contributed by atoms with Crippen LogP contribution in [-0.4, -0.2) is 19.9 Å².